The lowest BCUT2D eigenvalue weighted by atomic mass is 9.77. The Hall–Kier alpha value is -1.43. The third kappa shape index (κ3) is 2.36. The number of fused-ring (bicyclic) bond motifs is 1. The molecular formula is C12H17ClN6. The maximum absolute atomic E-state index is 6.23. The molecule has 2 aromatic rings. The van der Waals surface area contributed by atoms with Crippen LogP contribution in [0.1, 0.15) is 32.6 Å². The van der Waals surface area contributed by atoms with Crippen LogP contribution in [0.4, 0.5) is 5.82 Å². The molecule has 0 aromatic carbocycles. The second kappa shape index (κ2) is 4.92. The summed E-state index contributed by atoms with van der Waals surface area (Å²) >= 11 is 6.23. The molecular weight excluding hydrogens is 264 g/mol. The number of hydrogen-bond donors (Lipinski definition) is 1. The molecule has 0 saturated heterocycles. The zero-order chi connectivity index (χ0) is 13.3. The maximum Gasteiger partial charge on any atom is 0.199 e. The third-order valence-corrected chi connectivity index (χ3v) is 4.36. The van der Waals surface area contributed by atoms with E-state index < -0.39 is 0 Å². The smallest absolute Gasteiger partial charge is 0.199 e. The van der Waals surface area contributed by atoms with Crippen molar-refractivity contribution in [3.63, 3.8) is 0 Å². The van der Waals surface area contributed by atoms with Crippen molar-refractivity contribution in [3.8, 4) is 0 Å². The molecule has 2 unspecified atom stereocenters. The summed E-state index contributed by atoms with van der Waals surface area (Å²) in [5.74, 6) is 2.06. The molecule has 1 N–H and O–H groups in total. The van der Waals surface area contributed by atoms with Crippen LogP contribution in [0, 0.1) is 5.92 Å². The molecule has 1 saturated carbocycles. The molecule has 0 radical (unpaired) electrons. The van der Waals surface area contributed by atoms with Gasteiger partial charge in [-0.15, -0.1) is 16.7 Å². The minimum Gasteiger partial charge on any atom is -0.362 e. The molecule has 7 heteroatoms. The summed E-state index contributed by atoms with van der Waals surface area (Å²) in [6, 6.07) is 0. The van der Waals surface area contributed by atoms with Gasteiger partial charge in [0.1, 0.15) is 0 Å². The predicted molar refractivity (Wildman–Crippen MR) is 73.3 cm³/mol. The Balaban J connectivity index is 1.92. The van der Waals surface area contributed by atoms with Gasteiger partial charge in [0.2, 0.25) is 0 Å². The number of aromatic nitrogens is 5. The highest BCUT2D eigenvalue weighted by molar-refractivity contribution is 6.18. The lowest BCUT2D eigenvalue weighted by Crippen LogP contribution is -2.44. The van der Waals surface area contributed by atoms with Crippen molar-refractivity contribution in [1.29, 1.82) is 0 Å². The van der Waals surface area contributed by atoms with Gasteiger partial charge < -0.3 is 5.32 Å². The minimum absolute atomic E-state index is 0.0822. The Labute approximate surface area is 116 Å². The summed E-state index contributed by atoms with van der Waals surface area (Å²) in [6.07, 6.45) is 7.99. The van der Waals surface area contributed by atoms with E-state index in [1.54, 1.807) is 16.9 Å². The second-order valence-electron chi connectivity index (χ2n) is 5.48. The van der Waals surface area contributed by atoms with E-state index in [1.165, 1.54) is 12.8 Å². The molecule has 2 heterocycles. The minimum atomic E-state index is -0.0822. The standard InChI is InChI=1S/C12H17ClN6/c1-9-3-2-4-12(5-9,8-13)15-10-6-14-7-11-16-17-18-19(10)11/h6-7,9,15H,2-5,8H2,1H3. The number of hydrogen-bond acceptors (Lipinski definition) is 5. The van der Waals surface area contributed by atoms with Gasteiger partial charge in [0.25, 0.3) is 0 Å². The van der Waals surface area contributed by atoms with Crippen molar-refractivity contribution in [2.24, 2.45) is 5.92 Å². The molecule has 0 aliphatic heterocycles. The van der Waals surface area contributed by atoms with E-state index >= 15 is 0 Å². The van der Waals surface area contributed by atoms with Gasteiger partial charge in [-0.3, -0.25) is 4.98 Å². The number of anilines is 1. The number of nitrogens with one attached hydrogen (secondary N) is 1. The van der Waals surface area contributed by atoms with Crippen molar-refractivity contribution in [2.75, 3.05) is 11.2 Å². The lowest BCUT2D eigenvalue weighted by molar-refractivity contribution is 0.278. The molecule has 2 aromatic heterocycles. The summed E-state index contributed by atoms with van der Waals surface area (Å²) in [7, 11) is 0. The Kier molecular flexibility index (Phi) is 3.26. The second-order valence-corrected chi connectivity index (χ2v) is 5.75. The molecule has 1 aliphatic carbocycles. The average molecular weight is 281 g/mol. The lowest BCUT2D eigenvalue weighted by Gasteiger charge is -2.39. The van der Waals surface area contributed by atoms with Crippen LogP contribution in [-0.2, 0) is 0 Å². The van der Waals surface area contributed by atoms with E-state index in [9.17, 15) is 0 Å². The number of nitrogens with zero attached hydrogens (tertiary/aromatic N) is 5. The summed E-state index contributed by atoms with van der Waals surface area (Å²) < 4.78 is 1.67. The largest absolute Gasteiger partial charge is 0.362 e. The van der Waals surface area contributed by atoms with Crippen molar-refractivity contribution in [1.82, 2.24) is 25.0 Å². The monoisotopic (exact) mass is 280 g/mol. The van der Waals surface area contributed by atoms with Crippen LogP contribution in [-0.4, -0.2) is 36.4 Å². The van der Waals surface area contributed by atoms with Crippen molar-refractivity contribution >= 4 is 23.1 Å². The zero-order valence-electron chi connectivity index (χ0n) is 10.9. The van der Waals surface area contributed by atoms with E-state index in [0.717, 1.165) is 18.7 Å². The van der Waals surface area contributed by atoms with Gasteiger partial charge in [0.15, 0.2) is 11.5 Å². The van der Waals surface area contributed by atoms with E-state index in [0.29, 0.717) is 17.4 Å². The normalized spacial score (nSPS) is 27.6. The van der Waals surface area contributed by atoms with E-state index in [2.05, 4.69) is 32.7 Å². The van der Waals surface area contributed by atoms with Gasteiger partial charge in [-0.2, -0.15) is 4.52 Å². The van der Waals surface area contributed by atoms with Crippen LogP contribution in [0.2, 0.25) is 0 Å². The van der Waals surface area contributed by atoms with Crippen LogP contribution in [0.25, 0.3) is 5.65 Å². The SMILES string of the molecule is CC1CCCC(CCl)(Nc2cncc3nnnn23)C1. The summed E-state index contributed by atoms with van der Waals surface area (Å²) in [5.41, 5.74) is 0.555. The molecule has 3 rings (SSSR count). The highest BCUT2D eigenvalue weighted by atomic mass is 35.5. The summed E-state index contributed by atoms with van der Waals surface area (Å²) in [6.45, 7) is 2.28. The fraction of sp³-hybridized carbons (Fsp3) is 0.667. The van der Waals surface area contributed by atoms with Crippen LogP contribution >= 0.6 is 11.6 Å². The van der Waals surface area contributed by atoms with Crippen molar-refractivity contribution in [2.45, 2.75) is 38.1 Å². The van der Waals surface area contributed by atoms with Crippen LogP contribution in [0.15, 0.2) is 12.4 Å². The first-order valence-electron chi connectivity index (χ1n) is 6.59. The van der Waals surface area contributed by atoms with E-state index in [-0.39, 0.29) is 5.54 Å². The van der Waals surface area contributed by atoms with Gasteiger partial charge >= 0.3 is 0 Å². The Morgan fingerprint density at radius 2 is 2.42 bits per heavy atom. The van der Waals surface area contributed by atoms with Gasteiger partial charge in [-0.1, -0.05) is 19.8 Å². The maximum atomic E-state index is 6.23. The number of alkyl halides is 1. The summed E-state index contributed by atoms with van der Waals surface area (Å²) in [5, 5.41) is 15.1. The Morgan fingerprint density at radius 1 is 1.53 bits per heavy atom. The third-order valence-electron chi connectivity index (χ3n) is 3.85. The quantitative estimate of drug-likeness (QED) is 0.872. The molecule has 1 aliphatic rings. The topological polar surface area (TPSA) is 68.0 Å². The fourth-order valence-electron chi connectivity index (χ4n) is 2.96. The number of tetrazole rings is 1. The fourth-order valence-corrected chi connectivity index (χ4v) is 3.27. The Bertz CT molecular complexity index is 570. The van der Waals surface area contributed by atoms with Crippen molar-refractivity contribution in [3.05, 3.63) is 12.4 Å². The molecule has 1 fully saturated rings. The Morgan fingerprint density at radius 3 is 3.21 bits per heavy atom. The first-order chi connectivity index (χ1) is 9.22. The van der Waals surface area contributed by atoms with Gasteiger partial charge in [0, 0.05) is 5.88 Å². The summed E-state index contributed by atoms with van der Waals surface area (Å²) in [4.78, 5) is 4.17. The molecule has 102 valence electrons. The first kappa shape index (κ1) is 12.6. The molecule has 6 nitrogen and oxygen atoms in total. The van der Waals surface area contributed by atoms with Gasteiger partial charge in [-0.05, 0) is 29.2 Å². The zero-order valence-corrected chi connectivity index (χ0v) is 11.6. The van der Waals surface area contributed by atoms with Crippen LogP contribution < -0.4 is 5.32 Å². The first-order valence-corrected chi connectivity index (χ1v) is 7.12. The van der Waals surface area contributed by atoms with Crippen molar-refractivity contribution < 1.29 is 0 Å². The van der Waals surface area contributed by atoms with E-state index in [4.69, 9.17) is 11.6 Å². The van der Waals surface area contributed by atoms with E-state index in [1.807, 2.05) is 0 Å². The number of halogens is 1. The molecule has 2 atom stereocenters. The van der Waals surface area contributed by atoms with Crippen LogP contribution in [0.5, 0.6) is 0 Å². The number of rotatable bonds is 3. The molecule has 0 spiro atoms. The molecule has 0 bridgehead atoms. The molecule has 19 heavy (non-hydrogen) atoms. The highest BCUT2D eigenvalue weighted by Crippen LogP contribution is 2.35. The predicted octanol–water partition coefficient (Wildman–Crippen LogP) is 2.12. The van der Waals surface area contributed by atoms with Crippen LogP contribution in [0.3, 0.4) is 0 Å². The molecule has 0 amide bonds. The van der Waals surface area contributed by atoms with Gasteiger partial charge in [0.05, 0.1) is 17.9 Å². The average Bonchev–Trinajstić information content (AvgIpc) is 2.88. The van der Waals surface area contributed by atoms with Gasteiger partial charge in [-0.25, -0.2) is 0 Å². The highest BCUT2D eigenvalue weighted by Gasteiger charge is 2.34.